The summed E-state index contributed by atoms with van der Waals surface area (Å²) in [4.78, 5) is 11.0. The van der Waals surface area contributed by atoms with E-state index in [0.29, 0.717) is 16.6 Å². The van der Waals surface area contributed by atoms with Crippen LogP contribution < -0.4 is 5.32 Å². The Hall–Kier alpha value is -1.10. The smallest absolute Gasteiger partial charge is 0.306 e. The minimum Gasteiger partial charge on any atom is -0.481 e. The SMILES string of the molecule is O=C(O)C1CCCC(Nc2ccc(Br)cc2F)C1. The second-order valence-corrected chi connectivity index (χ2v) is 5.58. The predicted octanol–water partition coefficient (Wildman–Crippen LogP) is 3.64. The molecule has 0 heterocycles. The van der Waals surface area contributed by atoms with E-state index in [2.05, 4.69) is 21.2 Å². The molecule has 18 heavy (non-hydrogen) atoms. The molecule has 0 aliphatic heterocycles. The van der Waals surface area contributed by atoms with Gasteiger partial charge in [-0.3, -0.25) is 4.79 Å². The molecule has 1 aromatic carbocycles. The highest BCUT2D eigenvalue weighted by atomic mass is 79.9. The first kappa shape index (κ1) is 13.3. The Kier molecular flexibility index (Phi) is 4.22. The van der Waals surface area contributed by atoms with Gasteiger partial charge in [0.25, 0.3) is 0 Å². The van der Waals surface area contributed by atoms with Crippen LogP contribution in [-0.4, -0.2) is 17.1 Å². The average Bonchev–Trinajstić information content (AvgIpc) is 2.33. The molecule has 0 radical (unpaired) electrons. The molecule has 2 atom stereocenters. The lowest BCUT2D eigenvalue weighted by Gasteiger charge is -2.28. The number of anilines is 1. The number of halogens is 2. The maximum absolute atomic E-state index is 13.7. The second kappa shape index (κ2) is 5.69. The van der Waals surface area contributed by atoms with Crippen molar-refractivity contribution in [2.75, 3.05) is 5.32 Å². The number of carbonyl (C=O) groups is 1. The third-order valence-electron chi connectivity index (χ3n) is 3.31. The highest BCUT2D eigenvalue weighted by molar-refractivity contribution is 9.10. The van der Waals surface area contributed by atoms with Crippen LogP contribution >= 0.6 is 15.9 Å². The molecule has 2 unspecified atom stereocenters. The zero-order valence-electron chi connectivity index (χ0n) is 9.83. The van der Waals surface area contributed by atoms with Gasteiger partial charge in [-0.25, -0.2) is 4.39 Å². The number of nitrogens with one attached hydrogen (secondary N) is 1. The van der Waals surface area contributed by atoms with E-state index < -0.39 is 5.97 Å². The van der Waals surface area contributed by atoms with Crippen LogP contribution in [0.1, 0.15) is 25.7 Å². The molecule has 1 aliphatic rings. The average molecular weight is 316 g/mol. The highest BCUT2D eigenvalue weighted by Crippen LogP contribution is 2.28. The molecule has 2 rings (SSSR count). The van der Waals surface area contributed by atoms with Gasteiger partial charge in [0.15, 0.2) is 0 Å². The van der Waals surface area contributed by atoms with Crippen LogP contribution in [0.25, 0.3) is 0 Å². The number of hydrogen-bond donors (Lipinski definition) is 2. The van der Waals surface area contributed by atoms with Gasteiger partial charge in [0.2, 0.25) is 0 Å². The van der Waals surface area contributed by atoms with Crippen molar-refractivity contribution in [3.63, 3.8) is 0 Å². The van der Waals surface area contributed by atoms with Crippen molar-refractivity contribution in [3.8, 4) is 0 Å². The lowest BCUT2D eigenvalue weighted by atomic mass is 9.85. The summed E-state index contributed by atoms with van der Waals surface area (Å²) in [5.41, 5.74) is 0.439. The minimum atomic E-state index is -0.752. The van der Waals surface area contributed by atoms with Crippen LogP contribution in [0.5, 0.6) is 0 Å². The molecule has 1 saturated carbocycles. The van der Waals surface area contributed by atoms with Gasteiger partial charge in [-0.05, 0) is 37.5 Å². The summed E-state index contributed by atoms with van der Waals surface area (Å²) >= 11 is 3.20. The van der Waals surface area contributed by atoms with Crippen molar-refractivity contribution in [3.05, 3.63) is 28.5 Å². The molecule has 5 heteroatoms. The van der Waals surface area contributed by atoms with E-state index in [1.165, 1.54) is 6.07 Å². The van der Waals surface area contributed by atoms with Crippen molar-refractivity contribution < 1.29 is 14.3 Å². The van der Waals surface area contributed by atoms with Crippen LogP contribution in [-0.2, 0) is 4.79 Å². The van der Waals surface area contributed by atoms with Crippen molar-refractivity contribution in [1.82, 2.24) is 0 Å². The molecule has 3 nitrogen and oxygen atoms in total. The van der Waals surface area contributed by atoms with Crippen molar-refractivity contribution in [1.29, 1.82) is 0 Å². The Morgan fingerprint density at radius 3 is 2.89 bits per heavy atom. The molecule has 2 N–H and O–H groups in total. The van der Waals surface area contributed by atoms with E-state index >= 15 is 0 Å². The van der Waals surface area contributed by atoms with Gasteiger partial charge >= 0.3 is 5.97 Å². The first-order valence-corrected chi connectivity index (χ1v) is 6.80. The zero-order valence-corrected chi connectivity index (χ0v) is 11.4. The summed E-state index contributed by atoms with van der Waals surface area (Å²) in [6.07, 6.45) is 3.03. The molecular formula is C13H15BrFNO2. The first-order valence-electron chi connectivity index (χ1n) is 6.00. The quantitative estimate of drug-likeness (QED) is 0.895. The molecule has 1 aliphatic carbocycles. The van der Waals surface area contributed by atoms with Gasteiger partial charge in [0.05, 0.1) is 11.6 Å². The topological polar surface area (TPSA) is 49.3 Å². The molecule has 0 aromatic heterocycles. The van der Waals surface area contributed by atoms with Gasteiger partial charge in [-0.2, -0.15) is 0 Å². The molecular weight excluding hydrogens is 301 g/mol. The van der Waals surface area contributed by atoms with Crippen LogP contribution in [0.2, 0.25) is 0 Å². The van der Waals surface area contributed by atoms with E-state index in [-0.39, 0.29) is 17.8 Å². The summed E-state index contributed by atoms with van der Waals surface area (Å²) in [6, 6.07) is 4.88. The van der Waals surface area contributed by atoms with Crippen LogP contribution in [0.4, 0.5) is 10.1 Å². The number of carboxylic acid groups (broad SMARTS) is 1. The fourth-order valence-corrected chi connectivity index (χ4v) is 2.70. The summed E-state index contributed by atoms with van der Waals surface area (Å²) in [6.45, 7) is 0. The summed E-state index contributed by atoms with van der Waals surface area (Å²) in [5.74, 6) is -1.38. The molecule has 0 saturated heterocycles. The number of benzene rings is 1. The Bertz CT molecular complexity index is 453. The Morgan fingerprint density at radius 2 is 2.22 bits per heavy atom. The van der Waals surface area contributed by atoms with E-state index in [1.54, 1.807) is 12.1 Å². The monoisotopic (exact) mass is 315 g/mol. The van der Waals surface area contributed by atoms with Crippen LogP contribution in [0, 0.1) is 11.7 Å². The first-order chi connectivity index (χ1) is 8.56. The highest BCUT2D eigenvalue weighted by Gasteiger charge is 2.27. The van der Waals surface area contributed by atoms with Gasteiger partial charge in [0, 0.05) is 10.5 Å². The van der Waals surface area contributed by atoms with Gasteiger partial charge < -0.3 is 10.4 Å². The van der Waals surface area contributed by atoms with Crippen LogP contribution in [0.3, 0.4) is 0 Å². The van der Waals surface area contributed by atoms with Gasteiger partial charge in [0.1, 0.15) is 5.82 Å². The number of carboxylic acids is 1. The van der Waals surface area contributed by atoms with E-state index in [1.807, 2.05) is 0 Å². The lowest BCUT2D eigenvalue weighted by molar-refractivity contribution is -0.142. The summed E-state index contributed by atoms with van der Waals surface area (Å²) in [5, 5.41) is 12.1. The van der Waals surface area contributed by atoms with Gasteiger partial charge in [-0.1, -0.05) is 22.4 Å². The van der Waals surface area contributed by atoms with Crippen molar-refractivity contribution in [2.45, 2.75) is 31.7 Å². The number of hydrogen-bond acceptors (Lipinski definition) is 2. The van der Waals surface area contributed by atoms with Crippen molar-refractivity contribution in [2.24, 2.45) is 5.92 Å². The molecule has 98 valence electrons. The second-order valence-electron chi connectivity index (χ2n) is 4.67. The maximum atomic E-state index is 13.7. The zero-order chi connectivity index (χ0) is 13.1. The minimum absolute atomic E-state index is 0.0375. The fraction of sp³-hybridized carbons (Fsp3) is 0.462. The normalized spacial score (nSPS) is 23.7. The van der Waals surface area contributed by atoms with E-state index in [9.17, 15) is 9.18 Å². The molecule has 1 aromatic rings. The third kappa shape index (κ3) is 3.22. The largest absolute Gasteiger partial charge is 0.481 e. The van der Waals surface area contributed by atoms with Gasteiger partial charge in [-0.15, -0.1) is 0 Å². The maximum Gasteiger partial charge on any atom is 0.306 e. The Balaban J connectivity index is 2.02. The Labute approximate surface area is 114 Å². The van der Waals surface area contributed by atoms with Crippen molar-refractivity contribution >= 4 is 27.6 Å². The Morgan fingerprint density at radius 1 is 1.44 bits per heavy atom. The van der Waals surface area contributed by atoms with Crippen LogP contribution in [0.15, 0.2) is 22.7 Å². The number of aliphatic carboxylic acids is 1. The predicted molar refractivity (Wildman–Crippen MR) is 71.1 cm³/mol. The summed E-state index contributed by atoms with van der Waals surface area (Å²) < 4.78 is 14.3. The molecule has 0 amide bonds. The molecule has 1 fully saturated rings. The van der Waals surface area contributed by atoms with E-state index in [0.717, 1.165) is 19.3 Å². The number of rotatable bonds is 3. The summed E-state index contributed by atoms with van der Waals surface area (Å²) in [7, 11) is 0. The third-order valence-corrected chi connectivity index (χ3v) is 3.81. The molecule has 0 spiro atoms. The van der Waals surface area contributed by atoms with E-state index in [4.69, 9.17) is 5.11 Å². The lowest BCUT2D eigenvalue weighted by Crippen LogP contribution is -2.31. The fourth-order valence-electron chi connectivity index (χ4n) is 2.37. The molecule has 0 bridgehead atoms. The standard InChI is InChI=1S/C13H15BrFNO2/c14-9-4-5-12(11(15)7-9)16-10-3-1-2-8(6-10)13(17)18/h4-5,7-8,10,16H,1-3,6H2,(H,17,18).